The lowest BCUT2D eigenvalue weighted by molar-refractivity contribution is -0.128. The number of carbonyl (C=O) groups is 1. The van der Waals surface area contributed by atoms with Crippen LogP contribution in [0.3, 0.4) is 0 Å². The van der Waals surface area contributed by atoms with Crippen LogP contribution in [0.1, 0.15) is 161 Å². The average molecular weight is 493 g/mol. The van der Waals surface area contributed by atoms with Gasteiger partial charge in [0.25, 0.3) is 6.47 Å². The van der Waals surface area contributed by atoms with Crippen molar-refractivity contribution in [2.45, 2.75) is 167 Å². The number of hydrogen-bond donors (Lipinski definition) is 1. The molecular formula is C32H60O3. The van der Waals surface area contributed by atoms with E-state index in [1.165, 1.54) is 122 Å². The average Bonchev–Trinajstić information content (AvgIpc) is 2.86. The lowest BCUT2D eigenvalue weighted by Gasteiger charge is -2.10. The molecule has 0 aromatic heterocycles. The maximum atomic E-state index is 10.2. The van der Waals surface area contributed by atoms with Crippen LogP contribution >= 0.6 is 0 Å². The van der Waals surface area contributed by atoms with Gasteiger partial charge in [0.05, 0.1) is 12.7 Å². The fourth-order valence-electron chi connectivity index (χ4n) is 4.50. The third-order valence-electron chi connectivity index (χ3n) is 6.82. The molecule has 0 fully saturated rings. The molecule has 0 saturated heterocycles. The van der Waals surface area contributed by atoms with Crippen LogP contribution in [-0.4, -0.2) is 24.3 Å². The number of hydrogen-bond acceptors (Lipinski definition) is 3. The zero-order valence-electron chi connectivity index (χ0n) is 23.4. The Morgan fingerprint density at radius 3 is 1.34 bits per heavy atom. The second-order valence-corrected chi connectivity index (χ2v) is 10.3. The molecule has 206 valence electrons. The zero-order chi connectivity index (χ0) is 25.5. The second-order valence-electron chi connectivity index (χ2n) is 10.3. The number of aliphatic hydroxyl groups excluding tert-OH is 1. The molecule has 0 aliphatic carbocycles. The molecule has 1 atom stereocenters. The van der Waals surface area contributed by atoms with E-state index in [1.54, 1.807) is 0 Å². The standard InChI is InChI=1S/C32H60O3/c1-2-3-4-5-6-7-8-9-10-13-16-19-22-25-28-32(34)29-26-23-20-17-14-11-12-15-18-21-24-27-30-35-31-33/h7-8,15,18,31-32,34H,2-6,9-14,16-17,19-30H2,1H3. The molecule has 0 aromatic rings. The van der Waals surface area contributed by atoms with Crippen LogP contribution in [0.5, 0.6) is 0 Å². The highest BCUT2D eigenvalue weighted by molar-refractivity contribution is 5.36. The summed E-state index contributed by atoms with van der Waals surface area (Å²) in [4.78, 5) is 10.0. The van der Waals surface area contributed by atoms with E-state index in [0.29, 0.717) is 13.1 Å². The minimum absolute atomic E-state index is 0.0763. The summed E-state index contributed by atoms with van der Waals surface area (Å²) in [6.45, 7) is 3.34. The molecule has 0 amide bonds. The summed E-state index contributed by atoms with van der Waals surface area (Å²) in [6, 6.07) is 0. The van der Waals surface area contributed by atoms with Gasteiger partial charge in [0.1, 0.15) is 0 Å². The van der Waals surface area contributed by atoms with E-state index in [9.17, 15) is 9.90 Å². The smallest absolute Gasteiger partial charge is 0.293 e. The highest BCUT2D eigenvalue weighted by Gasteiger charge is 2.03. The van der Waals surface area contributed by atoms with Crippen LogP contribution in [0, 0.1) is 0 Å². The molecule has 0 radical (unpaired) electrons. The van der Waals surface area contributed by atoms with Crippen molar-refractivity contribution in [2.24, 2.45) is 0 Å². The second kappa shape index (κ2) is 30.9. The van der Waals surface area contributed by atoms with Crippen molar-refractivity contribution in [1.82, 2.24) is 0 Å². The molecule has 1 N–H and O–H groups in total. The van der Waals surface area contributed by atoms with Gasteiger partial charge in [0, 0.05) is 0 Å². The number of ether oxygens (including phenoxy) is 1. The van der Waals surface area contributed by atoms with Crippen LogP contribution in [0.4, 0.5) is 0 Å². The summed E-state index contributed by atoms with van der Waals surface area (Å²) in [6.07, 6.45) is 39.1. The van der Waals surface area contributed by atoms with Crippen molar-refractivity contribution in [1.29, 1.82) is 0 Å². The van der Waals surface area contributed by atoms with Crippen molar-refractivity contribution in [2.75, 3.05) is 6.61 Å². The van der Waals surface area contributed by atoms with Crippen LogP contribution < -0.4 is 0 Å². The van der Waals surface area contributed by atoms with Crippen molar-refractivity contribution in [3.8, 4) is 0 Å². The summed E-state index contributed by atoms with van der Waals surface area (Å²) >= 11 is 0. The fraction of sp³-hybridized carbons (Fsp3) is 0.844. The summed E-state index contributed by atoms with van der Waals surface area (Å²) in [5, 5.41) is 10.2. The maximum absolute atomic E-state index is 10.2. The lowest BCUT2D eigenvalue weighted by Crippen LogP contribution is -2.05. The minimum Gasteiger partial charge on any atom is -0.468 e. The SMILES string of the molecule is CCCCCCC=CCCCCCCCCC(O)CCCCCCCCC=CCCCCOC=O. The molecule has 1 unspecified atom stereocenters. The normalized spacial score (nSPS) is 12.6. The Morgan fingerprint density at radius 1 is 0.543 bits per heavy atom. The number of aliphatic hydroxyl groups is 1. The first kappa shape index (κ1) is 33.9. The van der Waals surface area contributed by atoms with Gasteiger partial charge in [-0.05, 0) is 70.6 Å². The Morgan fingerprint density at radius 2 is 0.914 bits per heavy atom. The summed E-state index contributed by atoms with van der Waals surface area (Å²) in [5.74, 6) is 0. The quantitative estimate of drug-likeness (QED) is 0.0641. The monoisotopic (exact) mass is 492 g/mol. The molecular weight excluding hydrogens is 432 g/mol. The predicted molar refractivity (Wildman–Crippen MR) is 153 cm³/mol. The number of allylic oxidation sites excluding steroid dienone is 4. The topological polar surface area (TPSA) is 46.5 Å². The van der Waals surface area contributed by atoms with Crippen LogP contribution in [0.15, 0.2) is 24.3 Å². The Hall–Kier alpha value is -1.09. The van der Waals surface area contributed by atoms with Gasteiger partial charge in [-0.25, -0.2) is 0 Å². The van der Waals surface area contributed by atoms with Gasteiger partial charge in [-0.2, -0.15) is 0 Å². The predicted octanol–water partition coefficient (Wildman–Crippen LogP) is 10.0. The highest BCUT2D eigenvalue weighted by Crippen LogP contribution is 2.15. The summed E-state index contributed by atoms with van der Waals surface area (Å²) in [7, 11) is 0. The van der Waals surface area contributed by atoms with E-state index in [2.05, 4.69) is 36.0 Å². The molecule has 0 heterocycles. The molecule has 3 heteroatoms. The van der Waals surface area contributed by atoms with Gasteiger partial charge in [0.2, 0.25) is 0 Å². The van der Waals surface area contributed by atoms with E-state index in [1.807, 2.05) is 0 Å². The summed E-state index contributed by atoms with van der Waals surface area (Å²) in [5.41, 5.74) is 0. The Labute approximate surface area is 219 Å². The molecule has 35 heavy (non-hydrogen) atoms. The lowest BCUT2D eigenvalue weighted by atomic mass is 10.0. The van der Waals surface area contributed by atoms with E-state index in [0.717, 1.165) is 32.1 Å². The highest BCUT2D eigenvalue weighted by atomic mass is 16.5. The Balaban J connectivity index is 3.23. The zero-order valence-corrected chi connectivity index (χ0v) is 23.4. The molecule has 0 spiro atoms. The van der Waals surface area contributed by atoms with Gasteiger partial charge in [-0.15, -0.1) is 0 Å². The van der Waals surface area contributed by atoms with Crippen LogP contribution in [0.25, 0.3) is 0 Å². The molecule has 0 aromatic carbocycles. The van der Waals surface area contributed by atoms with Gasteiger partial charge in [-0.3, -0.25) is 4.79 Å². The first-order chi connectivity index (χ1) is 17.3. The van der Waals surface area contributed by atoms with E-state index >= 15 is 0 Å². The molecule has 0 aliphatic rings. The number of rotatable bonds is 29. The van der Waals surface area contributed by atoms with E-state index < -0.39 is 0 Å². The van der Waals surface area contributed by atoms with Gasteiger partial charge in [-0.1, -0.05) is 115 Å². The van der Waals surface area contributed by atoms with Crippen LogP contribution in [0.2, 0.25) is 0 Å². The van der Waals surface area contributed by atoms with Gasteiger partial charge >= 0.3 is 0 Å². The summed E-state index contributed by atoms with van der Waals surface area (Å²) < 4.78 is 4.68. The minimum atomic E-state index is -0.0763. The molecule has 0 saturated carbocycles. The fourth-order valence-corrected chi connectivity index (χ4v) is 4.50. The van der Waals surface area contributed by atoms with Crippen molar-refractivity contribution < 1.29 is 14.6 Å². The largest absolute Gasteiger partial charge is 0.468 e. The third-order valence-corrected chi connectivity index (χ3v) is 6.82. The number of carbonyl (C=O) groups excluding carboxylic acids is 1. The van der Waals surface area contributed by atoms with Crippen molar-refractivity contribution >= 4 is 6.47 Å². The van der Waals surface area contributed by atoms with Crippen LogP contribution in [-0.2, 0) is 9.53 Å². The Kier molecular flexibility index (Phi) is 30.0. The molecule has 0 bridgehead atoms. The molecule has 0 rings (SSSR count). The van der Waals surface area contributed by atoms with Gasteiger partial charge < -0.3 is 9.84 Å². The first-order valence-electron chi connectivity index (χ1n) is 15.3. The first-order valence-corrected chi connectivity index (χ1v) is 15.3. The molecule has 0 aliphatic heterocycles. The van der Waals surface area contributed by atoms with Crippen molar-refractivity contribution in [3.63, 3.8) is 0 Å². The Bertz CT molecular complexity index is 458. The van der Waals surface area contributed by atoms with Crippen molar-refractivity contribution in [3.05, 3.63) is 24.3 Å². The van der Waals surface area contributed by atoms with Gasteiger partial charge in [0.15, 0.2) is 0 Å². The maximum Gasteiger partial charge on any atom is 0.293 e. The van der Waals surface area contributed by atoms with E-state index in [4.69, 9.17) is 0 Å². The number of unbranched alkanes of at least 4 members (excludes halogenated alkanes) is 18. The molecule has 3 nitrogen and oxygen atoms in total. The third kappa shape index (κ3) is 30.9. The van der Waals surface area contributed by atoms with E-state index in [-0.39, 0.29) is 6.10 Å².